The van der Waals surface area contributed by atoms with Gasteiger partial charge in [0.15, 0.2) is 0 Å². The van der Waals surface area contributed by atoms with Crippen LogP contribution < -0.4 is 4.72 Å². The van der Waals surface area contributed by atoms with E-state index < -0.39 is 15.8 Å². The van der Waals surface area contributed by atoms with Crippen LogP contribution in [0.3, 0.4) is 0 Å². The summed E-state index contributed by atoms with van der Waals surface area (Å²) in [7, 11) is -3.78. The van der Waals surface area contributed by atoms with Gasteiger partial charge in [0.1, 0.15) is 5.82 Å². The van der Waals surface area contributed by atoms with Crippen molar-refractivity contribution in [2.24, 2.45) is 0 Å². The number of carbonyl (C=O) groups is 2. The van der Waals surface area contributed by atoms with Crippen LogP contribution in [-0.2, 0) is 19.6 Å². The fourth-order valence-corrected chi connectivity index (χ4v) is 4.43. The zero-order chi connectivity index (χ0) is 22.1. The second-order valence-electron chi connectivity index (χ2n) is 7.18. The van der Waals surface area contributed by atoms with Crippen LogP contribution in [0.25, 0.3) is 0 Å². The number of amides is 2. The first-order chi connectivity index (χ1) is 14.3. The van der Waals surface area contributed by atoms with E-state index in [1.807, 2.05) is 13.8 Å². The lowest BCUT2D eigenvalue weighted by atomic mass is 10.3. The molecule has 0 saturated carbocycles. The van der Waals surface area contributed by atoms with Crippen LogP contribution in [0.5, 0.6) is 0 Å². The van der Waals surface area contributed by atoms with E-state index in [0.29, 0.717) is 39.3 Å². The standard InChI is InChI=1S/C20H31FN4O4S/c1-3-24(4-2)20(27)16-23-12-5-13-25(15-14-23)19(26)10-11-22-30(28,29)18-8-6-17(21)7-9-18/h6-9,22H,3-5,10-16H2,1-2H3. The Balaban J connectivity index is 1.79. The Morgan fingerprint density at radius 3 is 2.37 bits per heavy atom. The summed E-state index contributed by atoms with van der Waals surface area (Å²) in [5.41, 5.74) is 0. The molecule has 0 aliphatic carbocycles. The number of halogens is 1. The third-order valence-electron chi connectivity index (χ3n) is 5.17. The van der Waals surface area contributed by atoms with E-state index in [2.05, 4.69) is 9.62 Å². The zero-order valence-electron chi connectivity index (χ0n) is 17.6. The zero-order valence-corrected chi connectivity index (χ0v) is 18.5. The second-order valence-corrected chi connectivity index (χ2v) is 8.95. The van der Waals surface area contributed by atoms with Crippen molar-refractivity contribution >= 4 is 21.8 Å². The topological polar surface area (TPSA) is 90.0 Å². The van der Waals surface area contributed by atoms with Crippen LogP contribution in [0.2, 0.25) is 0 Å². The Bertz CT molecular complexity index is 813. The number of nitrogens with one attached hydrogen (secondary N) is 1. The van der Waals surface area contributed by atoms with Gasteiger partial charge < -0.3 is 9.80 Å². The number of sulfonamides is 1. The summed E-state index contributed by atoms with van der Waals surface area (Å²) < 4.78 is 39.7. The lowest BCUT2D eigenvalue weighted by Gasteiger charge is -2.25. The van der Waals surface area contributed by atoms with Gasteiger partial charge in [-0.15, -0.1) is 0 Å². The Labute approximate surface area is 178 Å². The Morgan fingerprint density at radius 2 is 1.73 bits per heavy atom. The Morgan fingerprint density at radius 1 is 1.07 bits per heavy atom. The molecular formula is C20H31FN4O4S. The largest absolute Gasteiger partial charge is 0.342 e. The average Bonchev–Trinajstić information content (AvgIpc) is 2.94. The third-order valence-corrected chi connectivity index (χ3v) is 6.65. The summed E-state index contributed by atoms with van der Waals surface area (Å²) in [6, 6.07) is 4.52. The Hall–Kier alpha value is -2.04. The van der Waals surface area contributed by atoms with Crippen molar-refractivity contribution in [3.05, 3.63) is 30.1 Å². The molecule has 30 heavy (non-hydrogen) atoms. The molecule has 0 aromatic heterocycles. The van der Waals surface area contributed by atoms with Crippen LogP contribution in [0.4, 0.5) is 4.39 Å². The van der Waals surface area contributed by atoms with Crippen molar-refractivity contribution < 1.29 is 22.4 Å². The molecule has 1 heterocycles. The van der Waals surface area contributed by atoms with Gasteiger partial charge in [-0.1, -0.05) is 0 Å². The van der Waals surface area contributed by atoms with Gasteiger partial charge in [-0.3, -0.25) is 14.5 Å². The van der Waals surface area contributed by atoms with Crippen molar-refractivity contribution in [3.63, 3.8) is 0 Å². The molecule has 1 aromatic carbocycles. The molecule has 0 unspecified atom stereocenters. The van der Waals surface area contributed by atoms with E-state index in [4.69, 9.17) is 0 Å². The first kappa shape index (κ1) is 24.2. The molecule has 1 N–H and O–H groups in total. The Kier molecular flexibility index (Phi) is 9.19. The number of nitrogens with zero attached hydrogens (tertiary/aromatic N) is 3. The quantitative estimate of drug-likeness (QED) is 0.614. The molecule has 1 aliphatic heterocycles. The molecule has 0 radical (unpaired) electrons. The van der Waals surface area contributed by atoms with Gasteiger partial charge in [-0.25, -0.2) is 17.5 Å². The highest BCUT2D eigenvalue weighted by Crippen LogP contribution is 2.10. The molecule has 2 amide bonds. The first-order valence-electron chi connectivity index (χ1n) is 10.3. The van der Waals surface area contributed by atoms with Gasteiger partial charge >= 0.3 is 0 Å². The summed E-state index contributed by atoms with van der Waals surface area (Å²) in [5, 5.41) is 0. The van der Waals surface area contributed by atoms with E-state index >= 15 is 0 Å². The lowest BCUT2D eigenvalue weighted by molar-refractivity contribution is -0.132. The molecule has 0 bridgehead atoms. The van der Waals surface area contributed by atoms with Crippen LogP contribution in [-0.4, -0.2) is 87.3 Å². The van der Waals surface area contributed by atoms with Gasteiger partial charge in [0, 0.05) is 52.2 Å². The van der Waals surface area contributed by atoms with E-state index in [0.717, 1.165) is 25.1 Å². The van der Waals surface area contributed by atoms with Crippen molar-refractivity contribution in [1.29, 1.82) is 0 Å². The normalized spacial score (nSPS) is 15.6. The van der Waals surface area contributed by atoms with Gasteiger partial charge in [-0.2, -0.15) is 0 Å². The smallest absolute Gasteiger partial charge is 0.240 e. The molecule has 168 valence electrons. The first-order valence-corrected chi connectivity index (χ1v) is 11.8. The molecule has 0 spiro atoms. The maximum Gasteiger partial charge on any atom is 0.240 e. The van der Waals surface area contributed by atoms with Crippen LogP contribution >= 0.6 is 0 Å². The predicted molar refractivity (Wildman–Crippen MR) is 112 cm³/mol. The van der Waals surface area contributed by atoms with Crippen molar-refractivity contribution in [2.45, 2.75) is 31.6 Å². The van der Waals surface area contributed by atoms with Gasteiger partial charge in [0.05, 0.1) is 11.4 Å². The monoisotopic (exact) mass is 442 g/mol. The predicted octanol–water partition coefficient (Wildman–Crippen LogP) is 0.897. The van der Waals surface area contributed by atoms with E-state index in [-0.39, 0.29) is 29.7 Å². The molecule has 2 rings (SSSR count). The SMILES string of the molecule is CCN(CC)C(=O)CN1CCCN(C(=O)CCNS(=O)(=O)c2ccc(F)cc2)CC1. The van der Waals surface area contributed by atoms with E-state index in [9.17, 15) is 22.4 Å². The molecule has 10 heteroatoms. The maximum absolute atomic E-state index is 13.0. The average molecular weight is 443 g/mol. The number of likely N-dealkylation sites (N-methyl/N-ethyl adjacent to an activating group) is 1. The third kappa shape index (κ3) is 7.03. The summed E-state index contributed by atoms with van der Waals surface area (Å²) in [4.78, 5) is 30.3. The molecule has 0 atom stereocenters. The summed E-state index contributed by atoms with van der Waals surface area (Å²) in [6.45, 7) is 8.04. The second kappa shape index (κ2) is 11.4. The number of benzene rings is 1. The molecular weight excluding hydrogens is 411 g/mol. The molecule has 8 nitrogen and oxygen atoms in total. The highest BCUT2D eigenvalue weighted by molar-refractivity contribution is 7.89. The van der Waals surface area contributed by atoms with Crippen LogP contribution in [0, 0.1) is 5.82 Å². The highest BCUT2D eigenvalue weighted by Gasteiger charge is 2.22. The summed E-state index contributed by atoms with van der Waals surface area (Å²) in [6.07, 6.45) is 0.803. The van der Waals surface area contributed by atoms with Crippen molar-refractivity contribution in [3.8, 4) is 0 Å². The minimum absolute atomic E-state index is 0.0286. The molecule has 1 saturated heterocycles. The fraction of sp³-hybridized carbons (Fsp3) is 0.600. The molecule has 1 aromatic rings. The molecule has 1 aliphatic rings. The number of carbonyl (C=O) groups excluding carboxylic acids is 2. The number of hydrogen-bond acceptors (Lipinski definition) is 5. The minimum atomic E-state index is -3.78. The van der Waals surface area contributed by atoms with Crippen LogP contribution in [0.1, 0.15) is 26.7 Å². The highest BCUT2D eigenvalue weighted by atomic mass is 32.2. The van der Waals surface area contributed by atoms with Gasteiger partial charge in [0.2, 0.25) is 21.8 Å². The lowest BCUT2D eigenvalue weighted by Crippen LogP contribution is -2.42. The van der Waals surface area contributed by atoms with Gasteiger partial charge in [0.25, 0.3) is 0 Å². The number of rotatable bonds is 9. The van der Waals surface area contributed by atoms with Gasteiger partial charge in [-0.05, 0) is 44.5 Å². The van der Waals surface area contributed by atoms with Crippen molar-refractivity contribution in [1.82, 2.24) is 19.4 Å². The van der Waals surface area contributed by atoms with Crippen molar-refractivity contribution in [2.75, 3.05) is 52.4 Å². The summed E-state index contributed by atoms with van der Waals surface area (Å²) >= 11 is 0. The molecule has 1 fully saturated rings. The van der Waals surface area contributed by atoms with Crippen LogP contribution in [0.15, 0.2) is 29.2 Å². The van der Waals surface area contributed by atoms with E-state index in [1.165, 1.54) is 12.1 Å². The maximum atomic E-state index is 13.0. The fourth-order valence-electron chi connectivity index (χ4n) is 3.39. The number of hydrogen-bond donors (Lipinski definition) is 1. The summed E-state index contributed by atoms with van der Waals surface area (Å²) in [5.74, 6) is -0.554. The minimum Gasteiger partial charge on any atom is -0.342 e. The van der Waals surface area contributed by atoms with E-state index in [1.54, 1.807) is 9.80 Å².